The molecule has 2 aliphatic heterocycles. The van der Waals surface area contributed by atoms with Gasteiger partial charge in [-0.05, 0) is 44.1 Å². The molecule has 0 spiro atoms. The third-order valence-electron chi connectivity index (χ3n) is 5.74. The number of likely N-dealkylation sites (tertiary alicyclic amines) is 1. The Morgan fingerprint density at radius 2 is 2.10 bits per heavy atom. The normalized spacial score (nSPS) is 27.6. The van der Waals surface area contributed by atoms with Crippen LogP contribution in [0.5, 0.6) is 0 Å². The first-order valence-corrected chi connectivity index (χ1v) is 10.0. The number of carboxylic acids is 1. The molecule has 0 radical (unpaired) electrons. The summed E-state index contributed by atoms with van der Waals surface area (Å²) in [5, 5.41) is 7.12. The molecule has 4 rings (SSSR count). The van der Waals surface area contributed by atoms with Crippen molar-refractivity contribution in [2.75, 3.05) is 32.9 Å². The Morgan fingerprint density at radius 3 is 2.72 bits per heavy atom. The van der Waals surface area contributed by atoms with Crippen LogP contribution in [-0.2, 0) is 20.8 Å². The number of furan rings is 1. The van der Waals surface area contributed by atoms with Gasteiger partial charge in [0.15, 0.2) is 0 Å². The Kier molecular flexibility index (Phi) is 7.23. The van der Waals surface area contributed by atoms with Gasteiger partial charge in [0, 0.05) is 43.8 Å². The van der Waals surface area contributed by atoms with E-state index >= 15 is 0 Å². The van der Waals surface area contributed by atoms with Crippen LogP contribution >= 0.6 is 0 Å². The molecular weight excluding hydrogens is 391 g/mol. The fourth-order valence-electron chi connectivity index (χ4n) is 4.08. The van der Waals surface area contributed by atoms with Gasteiger partial charge in [-0.2, -0.15) is 13.2 Å². The van der Waals surface area contributed by atoms with Crippen molar-refractivity contribution in [1.82, 2.24) is 4.90 Å². The van der Waals surface area contributed by atoms with Gasteiger partial charge >= 0.3 is 12.1 Å². The topological polar surface area (TPSA) is 72.1 Å². The largest absolute Gasteiger partial charge is 0.490 e. The predicted octanol–water partition coefficient (Wildman–Crippen LogP) is 3.71. The number of ether oxygens (including phenoxy) is 2. The molecule has 1 aliphatic carbocycles. The van der Waals surface area contributed by atoms with Crippen molar-refractivity contribution in [3.8, 4) is 0 Å². The van der Waals surface area contributed by atoms with Gasteiger partial charge in [0.1, 0.15) is 0 Å². The first-order chi connectivity index (χ1) is 13.8. The summed E-state index contributed by atoms with van der Waals surface area (Å²) in [5.74, 6) is -1.92. The second-order valence-corrected chi connectivity index (χ2v) is 8.22. The molecule has 3 heterocycles. The Bertz CT molecular complexity index is 647. The summed E-state index contributed by atoms with van der Waals surface area (Å²) in [6, 6.07) is 2.07. The van der Waals surface area contributed by atoms with Crippen LogP contribution in [0, 0.1) is 11.3 Å². The van der Waals surface area contributed by atoms with Crippen LogP contribution in [0.2, 0.25) is 0 Å². The van der Waals surface area contributed by atoms with E-state index in [1.54, 1.807) is 6.26 Å². The smallest absolute Gasteiger partial charge is 0.475 e. The van der Waals surface area contributed by atoms with Gasteiger partial charge in [-0.15, -0.1) is 0 Å². The van der Waals surface area contributed by atoms with E-state index in [4.69, 9.17) is 23.8 Å². The van der Waals surface area contributed by atoms with Crippen LogP contribution in [0.1, 0.15) is 37.7 Å². The Hall–Kier alpha value is -1.58. The molecule has 1 aromatic heterocycles. The minimum atomic E-state index is -5.08. The zero-order valence-corrected chi connectivity index (χ0v) is 16.3. The fourth-order valence-corrected chi connectivity index (χ4v) is 4.08. The molecule has 0 bridgehead atoms. The minimum Gasteiger partial charge on any atom is -0.475 e. The predicted molar refractivity (Wildman–Crippen MR) is 97.2 cm³/mol. The maximum Gasteiger partial charge on any atom is 0.490 e. The maximum atomic E-state index is 10.6. The highest BCUT2D eigenvalue weighted by Crippen LogP contribution is 2.41. The summed E-state index contributed by atoms with van der Waals surface area (Å²) >= 11 is 0. The molecule has 0 amide bonds. The second kappa shape index (κ2) is 9.49. The molecule has 1 N–H and O–H groups in total. The Labute approximate surface area is 167 Å². The number of piperidine rings is 1. The summed E-state index contributed by atoms with van der Waals surface area (Å²) in [4.78, 5) is 11.4. The lowest BCUT2D eigenvalue weighted by Crippen LogP contribution is -2.56. The SMILES string of the molecule is O=C(O)C(F)(F)F.c1cc(CN2CCC3OCCCC3(COCC3CC3)C2)co1. The molecule has 0 aromatic carbocycles. The lowest BCUT2D eigenvalue weighted by atomic mass is 9.73. The van der Waals surface area contributed by atoms with E-state index in [2.05, 4.69) is 11.0 Å². The van der Waals surface area contributed by atoms with Gasteiger partial charge in [0.2, 0.25) is 0 Å². The average Bonchev–Trinajstić information content (AvgIpc) is 3.35. The van der Waals surface area contributed by atoms with Crippen molar-refractivity contribution in [3.63, 3.8) is 0 Å². The monoisotopic (exact) mass is 419 g/mol. The highest BCUT2D eigenvalue weighted by molar-refractivity contribution is 5.73. The number of hydrogen-bond acceptors (Lipinski definition) is 5. The first kappa shape index (κ1) is 22.1. The van der Waals surface area contributed by atoms with Crippen LogP contribution in [0.3, 0.4) is 0 Å². The lowest BCUT2D eigenvalue weighted by molar-refractivity contribution is -0.192. The summed E-state index contributed by atoms with van der Waals surface area (Å²) in [7, 11) is 0. The molecule has 29 heavy (non-hydrogen) atoms. The van der Waals surface area contributed by atoms with Crippen LogP contribution in [0.25, 0.3) is 0 Å². The van der Waals surface area contributed by atoms with Gasteiger partial charge in [-0.3, -0.25) is 4.90 Å². The zero-order chi connectivity index (χ0) is 20.9. The summed E-state index contributed by atoms with van der Waals surface area (Å²) in [6.07, 6.45) is 5.19. The minimum absolute atomic E-state index is 0.203. The molecule has 2 atom stereocenters. The van der Waals surface area contributed by atoms with Crippen molar-refractivity contribution >= 4 is 5.97 Å². The van der Waals surface area contributed by atoms with Gasteiger partial charge in [-0.25, -0.2) is 4.79 Å². The van der Waals surface area contributed by atoms with E-state index in [1.165, 1.54) is 31.2 Å². The Balaban J connectivity index is 0.000000298. The van der Waals surface area contributed by atoms with E-state index in [1.807, 2.05) is 6.26 Å². The number of carbonyl (C=O) groups is 1. The molecule has 3 aliphatic rings. The number of halogens is 3. The van der Waals surface area contributed by atoms with Crippen molar-refractivity contribution < 1.29 is 37.0 Å². The number of aliphatic carboxylic acids is 1. The lowest BCUT2D eigenvalue weighted by Gasteiger charge is -2.50. The highest BCUT2D eigenvalue weighted by atomic mass is 19.4. The van der Waals surface area contributed by atoms with E-state index in [-0.39, 0.29) is 5.41 Å². The maximum absolute atomic E-state index is 10.6. The fraction of sp³-hybridized carbons (Fsp3) is 0.750. The van der Waals surface area contributed by atoms with E-state index in [9.17, 15) is 13.2 Å². The van der Waals surface area contributed by atoms with Gasteiger partial charge in [-0.1, -0.05) is 0 Å². The molecule has 1 saturated carbocycles. The highest BCUT2D eigenvalue weighted by Gasteiger charge is 2.46. The van der Waals surface area contributed by atoms with Crippen molar-refractivity contribution in [2.24, 2.45) is 11.3 Å². The van der Waals surface area contributed by atoms with Gasteiger partial charge in [0.25, 0.3) is 0 Å². The van der Waals surface area contributed by atoms with Crippen molar-refractivity contribution in [2.45, 2.75) is 50.9 Å². The van der Waals surface area contributed by atoms with Crippen molar-refractivity contribution in [3.05, 3.63) is 24.2 Å². The number of carboxylic acid groups (broad SMARTS) is 1. The summed E-state index contributed by atoms with van der Waals surface area (Å²) < 4.78 is 49.2. The number of nitrogens with zero attached hydrogens (tertiary/aromatic N) is 1. The number of rotatable bonds is 6. The Morgan fingerprint density at radius 1 is 1.34 bits per heavy atom. The quantitative estimate of drug-likeness (QED) is 0.758. The third kappa shape index (κ3) is 6.45. The third-order valence-corrected chi connectivity index (χ3v) is 5.74. The summed E-state index contributed by atoms with van der Waals surface area (Å²) in [5.41, 5.74) is 1.47. The average molecular weight is 419 g/mol. The van der Waals surface area contributed by atoms with Crippen LogP contribution in [-0.4, -0.2) is 61.2 Å². The number of alkyl halides is 3. The molecule has 1 aromatic rings. The van der Waals surface area contributed by atoms with Crippen LogP contribution in [0.15, 0.2) is 23.0 Å². The van der Waals surface area contributed by atoms with E-state index in [0.717, 1.165) is 51.8 Å². The molecule has 6 nitrogen and oxygen atoms in total. The first-order valence-electron chi connectivity index (χ1n) is 10.0. The molecule has 2 saturated heterocycles. The van der Waals surface area contributed by atoms with E-state index < -0.39 is 12.1 Å². The van der Waals surface area contributed by atoms with Crippen LogP contribution in [0.4, 0.5) is 13.2 Å². The van der Waals surface area contributed by atoms with E-state index in [0.29, 0.717) is 6.10 Å². The molecule has 3 fully saturated rings. The molecule has 9 heteroatoms. The molecule has 2 unspecified atom stereocenters. The second-order valence-electron chi connectivity index (χ2n) is 8.22. The van der Waals surface area contributed by atoms with Crippen molar-refractivity contribution in [1.29, 1.82) is 0 Å². The molecular formula is C20H28F3NO5. The molecule has 164 valence electrons. The van der Waals surface area contributed by atoms with Gasteiger partial charge < -0.3 is 19.0 Å². The number of hydrogen-bond donors (Lipinski definition) is 1. The number of fused-ring (bicyclic) bond motifs is 1. The zero-order valence-electron chi connectivity index (χ0n) is 16.3. The standard InChI is InChI=1S/C18H27NO3.C2HF3O2/c1-6-18(14-21-11-15-2-3-15)13-19(7-4-17(18)22-8-1)10-16-5-9-20-12-16;3-2(4,5)1(6)7/h5,9,12,15,17H,1-4,6-8,10-11,13-14H2;(H,6,7). The summed E-state index contributed by atoms with van der Waals surface area (Å²) in [6.45, 7) is 5.93. The van der Waals surface area contributed by atoms with Crippen LogP contribution < -0.4 is 0 Å². The van der Waals surface area contributed by atoms with Gasteiger partial charge in [0.05, 0.1) is 25.2 Å².